The lowest BCUT2D eigenvalue weighted by molar-refractivity contribution is 0.0536. The van der Waals surface area contributed by atoms with Crippen molar-refractivity contribution in [3.63, 3.8) is 0 Å². The second-order valence-electron chi connectivity index (χ2n) is 9.50. The maximum absolute atomic E-state index is 13.5. The number of aryl methyl sites for hydroxylation is 3. The Morgan fingerprint density at radius 3 is 2.51 bits per heavy atom. The lowest BCUT2D eigenvalue weighted by Gasteiger charge is -2.30. The van der Waals surface area contributed by atoms with Crippen molar-refractivity contribution in [2.45, 2.75) is 58.2 Å². The zero-order valence-corrected chi connectivity index (χ0v) is 21.0. The van der Waals surface area contributed by atoms with E-state index in [0.29, 0.717) is 51.1 Å². The molecular weight excluding hydrogens is 460 g/mol. The molecule has 0 atom stereocenters. The molecule has 0 bridgehead atoms. The molecule has 184 valence electrons. The van der Waals surface area contributed by atoms with Crippen LogP contribution in [0.4, 0.5) is 0 Å². The highest BCUT2D eigenvalue weighted by molar-refractivity contribution is 7.13. The second kappa shape index (κ2) is 10.3. The van der Waals surface area contributed by atoms with Gasteiger partial charge in [0.2, 0.25) is 0 Å². The second-order valence-corrected chi connectivity index (χ2v) is 10.8. The molecule has 4 heterocycles. The molecule has 1 fully saturated rings. The van der Waals surface area contributed by atoms with Gasteiger partial charge in [0.05, 0.1) is 17.5 Å². The van der Waals surface area contributed by atoms with Gasteiger partial charge in [-0.05, 0) is 50.3 Å². The van der Waals surface area contributed by atoms with Crippen LogP contribution in [0.1, 0.15) is 61.1 Å². The number of hydrogen-bond donors (Lipinski definition) is 1. The third kappa shape index (κ3) is 5.18. The predicted molar refractivity (Wildman–Crippen MR) is 136 cm³/mol. The average molecular weight is 493 g/mol. The summed E-state index contributed by atoms with van der Waals surface area (Å²) in [5.74, 6) is -0.0682. The van der Waals surface area contributed by atoms with Crippen molar-refractivity contribution in [1.29, 1.82) is 0 Å². The first kappa shape index (κ1) is 23.8. The van der Waals surface area contributed by atoms with Crippen molar-refractivity contribution in [2.24, 2.45) is 0 Å². The number of carbonyl (C=O) groups is 2. The van der Waals surface area contributed by atoms with Gasteiger partial charge in [0, 0.05) is 48.7 Å². The Morgan fingerprint density at radius 2 is 1.80 bits per heavy atom. The first-order valence-corrected chi connectivity index (χ1v) is 13.3. The topological polar surface area (TPSA) is 78.7 Å². The fourth-order valence-electron chi connectivity index (χ4n) is 5.02. The standard InChI is InChI=1S/C27H32N4O3S/c1-19-9-10-24(35-19)26(33)30-17-13-23-22(18-30)25(27(34)29-15-11-21(32)12-16-29)28-31(23)14-5-8-20-6-3-2-4-7-20/h2-4,6-7,9-10,21,32H,5,8,11-18H2,1H3. The number of fused-ring (bicyclic) bond motifs is 1. The summed E-state index contributed by atoms with van der Waals surface area (Å²) in [5.41, 5.74) is 3.72. The molecule has 2 aliphatic heterocycles. The highest BCUT2D eigenvalue weighted by Crippen LogP contribution is 2.28. The quantitative estimate of drug-likeness (QED) is 0.569. The Morgan fingerprint density at radius 1 is 1.03 bits per heavy atom. The fourth-order valence-corrected chi connectivity index (χ4v) is 5.86. The SMILES string of the molecule is Cc1ccc(C(=O)N2CCc3c(c(C(=O)N4CCC(O)CC4)nn3CCCc3ccccc3)C2)s1. The number of aliphatic hydroxyl groups excluding tert-OH is 1. The van der Waals surface area contributed by atoms with Gasteiger partial charge in [0.1, 0.15) is 0 Å². The van der Waals surface area contributed by atoms with Gasteiger partial charge >= 0.3 is 0 Å². The van der Waals surface area contributed by atoms with Gasteiger partial charge in [-0.15, -0.1) is 11.3 Å². The lowest BCUT2D eigenvalue weighted by atomic mass is 10.0. The van der Waals surface area contributed by atoms with E-state index in [9.17, 15) is 14.7 Å². The number of hydrogen-bond acceptors (Lipinski definition) is 5. The van der Waals surface area contributed by atoms with Crippen LogP contribution in [0.5, 0.6) is 0 Å². The largest absolute Gasteiger partial charge is 0.393 e. The molecule has 1 saturated heterocycles. The van der Waals surface area contributed by atoms with Gasteiger partial charge in [-0.1, -0.05) is 30.3 Å². The lowest BCUT2D eigenvalue weighted by Crippen LogP contribution is -2.41. The summed E-state index contributed by atoms with van der Waals surface area (Å²) in [6.45, 7) is 4.83. The summed E-state index contributed by atoms with van der Waals surface area (Å²) in [7, 11) is 0. The molecule has 0 radical (unpaired) electrons. The third-order valence-corrected chi connectivity index (χ3v) is 7.99. The third-order valence-electron chi connectivity index (χ3n) is 7.00. The van der Waals surface area contributed by atoms with Crippen molar-refractivity contribution in [3.05, 3.63) is 74.7 Å². The van der Waals surface area contributed by atoms with E-state index < -0.39 is 0 Å². The smallest absolute Gasteiger partial charge is 0.274 e. The van der Waals surface area contributed by atoms with Gasteiger partial charge < -0.3 is 14.9 Å². The highest BCUT2D eigenvalue weighted by atomic mass is 32.1. The molecule has 0 spiro atoms. The highest BCUT2D eigenvalue weighted by Gasteiger charge is 2.33. The minimum atomic E-state index is -0.342. The minimum Gasteiger partial charge on any atom is -0.393 e. The van der Waals surface area contributed by atoms with E-state index in [1.54, 1.807) is 4.90 Å². The van der Waals surface area contributed by atoms with Crippen LogP contribution in [-0.4, -0.2) is 62.2 Å². The summed E-state index contributed by atoms with van der Waals surface area (Å²) >= 11 is 1.51. The number of thiophene rings is 1. The van der Waals surface area contributed by atoms with Crippen LogP contribution in [0.25, 0.3) is 0 Å². The van der Waals surface area contributed by atoms with E-state index in [0.717, 1.165) is 40.4 Å². The molecule has 0 aliphatic carbocycles. The van der Waals surface area contributed by atoms with E-state index in [1.165, 1.54) is 16.9 Å². The number of amides is 2. The van der Waals surface area contributed by atoms with E-state index in [2.05, 4.69) is 24.3 Å². The van der Waals surface area contributed by atoms with Crippen molar-refractivity contribution >= 4 is 23.2 Å². The number of benzene rings is 1. The zero-order valence-electron chi connectivity index (χ0n) is 20.2. The summed E-state index contributed by atoms with van der Waals surface area (Å²) in [4.78, 5) is 32.2. The van der Waals surface area contributed by atoms with Gasteiger partial charge in [0.15, 0.2) is 5.69 Å². The van der Waals surface area contributed by atoms with E-state index in [-0.39, 0.29) is 17.9 Å². The molecule has 0 unspecified atom stereocenters. The van der Waals surface area contributed by atoms with Crippen LogP contribution in [0, 0.1) is 6.92 Å². The summed E-state index contributed by atoms with van der Waals surface area (Å²) < 4.78 is 2.00. The number of nitrogens with zero attached hydrogens (tertiary/aromatic N) is 4. The van der Waals surface area contributed by atoms with Crippen molar-refractivity contribution in [1.82, 2.24) is 19.6 Å². The molecule has 5 rings (SSSR count). The monoisotopic (exact) mass is 492 g/mol. The Balaban J connectivity index is 1.38. The minimum absolute atomic E-state index is 0.0186. The van der Waals surface area contributed by atoms with Crippen LogP contribution >= 0.6 is 11.3 Å². The average Bonchev–Trinajstić information content (AvgIpc) is 3.48. The first-order valence-electron chi connectivity index (χ1n) is 12.4. The van der Waals surface area contributed by atoms with Crippen LogP contribution in [0.2, 0.25) is 0 Å². The normalized spacial score (nSPS) is 16.4. The zero-order chi connectivity index (χ0) is 24.4. The van der Waals surface area contributed by atoms with Crippen LogP contribution < -0.4 is 0 Å². The predicted octanol–water partition coefficient (Wildman–Crippen LogP) is 3.68. The van der Waals surface area contributed by atoms with E-state index in [1.807, 2.05) is 34.7 Å². The Labute approximate surface area is 210 Å². The number of aliphatic hydroxyl groups is 1. The fraction of sp³-hybridized carbons (Fsp3) is 0.444. The van der Waals surface area contributed by atoms with E-state index >= 15 is 0 Å². The van der Waals surface area contributed by atoms with Gasteiger partial charge in [0.25, 0.3) is 11.8 Å². The number of rotatable bonds is 6. The van der Waals surface area contributed by atoms with Crippen molar-refractivity contribution in [2.75, 3.05) is 19.6 Å². The molecule has 1 aromatic carbocycles. The summed E-state index contributed by atoms with van der Waals surface area (Å²) in [6.07, 6.45) is 3.41. The summed E-state index contributed by atoms with van der Waals surface area (Å²) in [6, 6.07) is 14.3. The Bertz CT molecular complexity index is 1190. The molecule has 0 saturated carbocycles. The van der Waals surface area contributed by atoms with Gasteiger partial charge in [-0.3, -0.25) is 14.3 Å². The molecule has 1 N–H and O–H groups in total. The molecular formula is C27H32N4O3S. The Kier molecular flexibility index (Phi) is 7.02. The van der Waals surface area contributed by atoms with Crippen LogP contribution in [0.15, 0.2) is 42.5 Å². The van der Waals surface area contributed by atoms with Gasteiger partial charge in [-0.2, -0.15) is 5.10 Å². The van der Waals surface area contributed by atoms with Crippen LogP contribution in [0.3, 0.4) is 0 Å². The van der Waals surface area contributed by atoms with Crippen molar-refractivity contribution in [3.8, 4) is 0 Å². The van der Waals surface area contributed by atoms with Crippen LogP contribution in [-0.2, 0) is 25.9 Å². The molecule has 2 amide bonds. The molecule has 7 nitrogen and oxygen atoms in total. The van der Waals surface area contributed by atoms with E-state index in [4.69, 9.17) is 5.10 Å². The number of piperidine rings is 1. The molecule has 8 heteroatoms. The molecule has 2 aliphatic rings. The summed E-state index contributed by atoms with van der Waals surface area (Å²) in [5, 5.41) is 14.7. The number of likely N-dealkylation sites (tertiary alicyclic amines) is 1. The molecule has 3 aromatic rings. The maximum Gasteiger partial charge on any atom is 0.274 e. The van der Waals surface area contributed by atoms with Crippen molar-refractivity contribution < 1.29 is 14.7 Å². The molecule has 2 aromatic heterocycles. The Hall–Kier alpha value is -2.97. The number of aromatic nitrogens is 2. The molecule has 35 heavy (non-hydrogen) atoms. The number of carbonyl (C=O) groups excluding carboxylic acids is 2. The first-order chi connectivity index (χ1) is 17.0. The maximum atomic E-state index is 13.5. The van der Waals surface area contributed by atoms with Gasteiger partial charge in [-0.25, -0.2) is 0 Å².